The van der Waals surface area contributed by atoms with Crippen LogP contribution in [0, 0.1) is 0 Å². The van der Waals surface area contributed by atoms with Gasteiger partial charge in [0.15, 0.2) is 0 Å². The molecule has 2 N–H and O–H groups in total. The molecule has 4 nitrogen and oxygen atoms in total. The largest absolute Gasteiger partial charge is 0.340 e. The van der Waals surface area contributed by atoms with Crippen LogP contribution in [0.4, 0.5) is 0 Å². The van der Waals surface area contributed by atoms with Crippen molar-refractivity contribution in [3.05, 3.63) is 0 Å². The summed E-state index contributed by atoms with van der Waals surface area (Å²) in [5.74, 6) is 1.09. The molecule has 0 saturated carbocycles. The second kappa shape index (κ2) is 7.14. The van der Waals surface area contributed by atoms with Crippen LogP contribution in [0.5, 0.6) is 0 Å². The number of likely N-dealkylation sites (N-methyl/N-ethyl adjacent to an activating group) is 1. The van der Waals surface area contributed by atoms with Crippen molar-refractivity contribution in [2.24, 2.45) is 5.73 Å². The zero-order chi connectivity index (χ0) is 12.0. The molecule has 5 heteroatoms. The summed E-state index contributed by atoms with van der Waals surface area (Å²) in [5.41, 5.74) is 5.90. The lowest BCUT2D eigenvalue weighted by atomic mass is 10.2. The number of rotatable bonds is 4. The van der Waals surface area contributed by atoms with Crippen LogP contribution in [0.25, 0.3) is 0 Å². The Morgan fingerprint density at radius 1 is 1.38 bits per heavy atom. The van der Waals surface area contributed by atoms with Crippen molar-refractivity contribution in [1.82, 2.24) is 9.80 Å². The van der Waals surface area contributed by atoms with E-state index in [1.807, 2.05) is 11.2 Å². The van der Waals surface area contributed by atoms with E-state index in [-0.39, 0.29) is 11.9 Å². The van der Waals surface area contributed by atoms with E-state index < -0.39 is 0 Å². The summed E-state index contributed by atoms with van der Waals surface area (Å²) in [6, 6.07) is -0.309. The second-order valence-corrected chi connectivity index (χ2v) is 5.36. The molecule has 16 heavy (non-hydrogen) atoms. The Bertz CT molecular complexity index is 225. The SMILES string of the molecule is CSCC[C@H](N)C(=O)N1CCCN(C)CC1. The standard InChI is InChI=1S/C11H23N3OS/c1-13-5-3-6-14(8-7-13)11(15)10(12)4-9-16-2/h10H,3-9,12H2,1-2H3/t10-/m0/s1. The highest BCUT2D eigenvalue weighted by atomic mass is 32.2. The summed E-state index contributed by atoms with van der Waals surface area (Å²) in [5, 5.41) is 0. The zero-order valence-corrected chi connectivity index (χ0v) is 11.1. The van der Waals surface area contributed by atoms with Gasteiger partial charge >= 0.3 is 0 Å². The topological polar surface area (TPSA) is 49.6 Å². The Hall–Kier alpha value is -0.260. The number of hydrogen-bond donors (Lipinski definition) is 1. The first-order chi connectivity index (χ1) is 7.65. The van der Waals surface area contributed by atoms with Gasteiger partial charge in [0.25, 0.3) is 0 Å². The van der Waals surface area contributed by atoms with Crippen LogP contribution in [-0.4, -0.2) is 67.0 Å². The van der Waals surface area contributed by atoms with Gasteiger partial charge in [-0.05, 0) is 38.4 Å². The van der Waals surface area contributed by atoms with E-state index in [4.69, 9.17) is 5.73 Å². The lowest BCUT2D eigenvalue weighted by Crippen LogP contribution is -2.45. The summed E-state index contributed by atoms with van der Waals surface area (Å²) < 4.78 is 0. The van der Waals surface area contributed by atoms with Crippen LogP contribution in [0.15, 0.2) is 0 Å². The molecular formula is C11H23N3OS. The maximum absolute atomic E-state index is 12.0. The summed E-state index contributed by atoms with van der Waals surface area (Å²) in [7, 11) is 2.10. The Kier molecular flexibility index (Phi) is 6.16. The Balaban J connectivity index is 2.39. The van der Waals surface area contributed by atoms with E-state index in [0.717, 1.165) is 44.8 Å². The minimum absolute atomic E-state index is 0.129. The number of amides is 1. The summed E-state index contributed by atoms with van der Waals surface area (Å²) in [6.45, 7) is 3.71. The predicted octanol–water partition coefficient (Wildman–Crippen LogP) is 0.231. The number of nitrogens with two attached hydrogens (primary N) is 1. The molecule has 1 amide bonds. The molecule has 0 spiro atoms. The average Bonchev–Trinajstić information content (AvgIpc) is 2.50. The lowest BCUT2D eigenvalue weighted by molar-refractivity contribution is -0.132. The number of thioether (sulfide) groups is 1. The number of carbonyl (C=O) groups is 1. The predicted molar refractivity (Wildman–Crippen MR) is 69.7 cm³/mol. The average molecular weight is 245 g/mol. The lowest BCUT2D eigenvalue weighted by Gasteiger charge is -2.24. The number of nitrogens with zero attached hydrogens (tertiary/aromatic N) is 2. The van der Waals surface area contributed by atoms with Gasteiger partial charge in [-0.15, -0.1) is 0 Å². The zero-order valence-electron chi connectivity index (χ0n) is 10.3. The van der Waals surface area contributed by atoms with Crippen LogP contribution < -0.4 is 5.73 Å². The van der Waals surface area contributed by atoms with Gasteiger partial charge in [0, 0.05) is 19.6 Å². The second-order valence-electron chi connectivity index (χ2n) is 4.37. The molecule has 0 aromatic rings. The van der Waals surface area contributed by atoms with Crippen molar-refractivity contribution in [2.75, 3.05) is 45.2 Å². The van der Waals surface area contributed by atoms with Crippen LogP contribution >= 0.6 is 11.8 Å². The van der Waals surface area contributed by atoms with Gasteiger partial charge in [-0.3, -0.25) is 4.79 Å². The van der Waals surface area contributed by atoms with E-state index in [1.54, 1.807) is 11.8 Å². The van der Waals surface area contributed by atoms with E-state index in [9.17, 15) is 4.79 Å². The van der Waals surface area contributed by atoms with Crippen LogP contribution in [0.3, 0.4) is 0 Å². The first-order valence-electron chi connectivity index (χ1n) is 5.87. The van der Waals surface area contributed by atoms with Gasteiger partial charge < -0.3 is 15.5 Å². The molecule has 94 valence electrons. The molecule has 1 saturated heterocycles. The highest BCUT2D eigenvalue weighted by molar-refractivity contribution is 7.98. The molecule has 0 aromatic heterocycles. The third kappa shape index (κ3) is 4.31. The quantitative estimate of drug-likeness (QED) is 0.770. The molecular weight excluding hydrogens is 222 g/mol. The fourth-order valence-corrected chi connectivity index (χ4v) is 2.36. The van der Waals surface area contributed by atoms with E-state index in [0.29, 0.717) is 0 Å². The van der Waals surface area contributed by atoms with E-state index in [1.165, 1.54) is 0 Å². The van der Waals surface area contributed by atoms with Gasteiger partial charge in [-0.25, -0.2) is 0 Å². The molecule has 1 aliphatic heterocycles. The third-order valence-electron chi connectivity index (χ3n) is 2.98. The maximum Gasteiger partial charge on any atom is 0.239 e. The summed E-state index contributed by atoms with van der Waals surface area (Å²) in [6.07, 6.45) is 3.88. The van der Waals surface area contributed by atoms with Gasteiger partial charge in [-0.2, -0.15) is 11.8 Å². The molecule has 0 aromatic carbocycles. The fourth-order valence-electron chi connectivity index (χ4n) is 1.87. The summed E-state index contributed by atoms with van der Waals surface area (Å²) in [4.78, 5) is 16.2. The normalized spacial score (nSPS) is 20.6. The first kappa shape index (κ1) is 13.8. The van der Waals surface area contributed by atoms with Crippen molar-refractivity contribution in [2.45, 2.75) is 18.9 Å². The van der Waals surface area contributed by atoms with Crippen LogP contribution in [-0.2, 0) is 4.79 Å². The Morgan fingerprint density at radius 2 is 2.12 bits per heavy atom. The molecule has 1 aliphatic rings. The molecule has 0 aliphatic carbocycles. The molecule has 0 bridgehead atoms. The van der Waals surface area contributed by atoms with Gasteiger partial charge in [0.05, 0.1) is 6.04 Å². The Labute approximate surface area is 103 Å². The van der Waals surface area contributed by atoms with Crippen LogP contribution in [0.1, 0.15) is 12.8 Å². The van der Waals surface area contributed by atoms with Gasteiger partial charge in [-0.1, -0.05) is 0 Å². The van der Waals surface area contributed by atoms with Crippen molar-refractivity contribution in [3.63, 3.8) is 0 Å². The fraction of sp³-hybridized carbons (Fsp3) is 0.909. The smallest absolute Gasteiger partial charge is 0.239 e. The first-order valence-corrected chi connectivity index (χ1v) is 7.26. The van der Waals surface area contributed by atoms with Crippen molar-refractivity contribution < 1.29 is 4.79 Å². The van der Waals surface area contributed by atoms with Crippen molar-refractivity contribution in [3.8, 4) is 0 Å². The molecule has 1 rings (SSSR count). The van der Waals surface area contributed by atoms with Crippen LogP contribution in [0.2, 0.25) is 0 Å². The molecule has 0 radical (unpaired) electrons. The number of carbonyl (C=O) groups excluding carboxylic acids is 1. The van der Waals surface area contributed by atoms with Crippen molar-refractivity contribution >= 4 is 17.7 Å². The maximum atomic E-state index is 12.0. The third-order valence-corrected chi connectivity index (χ3v) is 3.63. The molecule has 1 heterocycles. The van der Waals surface area contributed by atoms with Crippen molar-refractivity contribution in [1.29, 1.82) is 0 Å². The highest BCUT2D eigenvalue weighted by Gasteiger charge is 2.22. The summed E-state index contributed by atoms with van der Waals surface area (Å²) >= 11 is 1.74. The minimum Gasteiger partial charge on any atom is -0.340 e. The van der Waals surface area contributed by atoms with Gasteiger partial charge in [0.1, 0.15) is 0 Å². The minimum atomic E-state index is -0.309. The van der Waals surface area contributed by atoms with E-state index in [2.05, 4.69) is 11.9 Å². The Morgan fingerprint density at radius 3 is 2.81 bits per heavy atom. The number of hydrogen-bond acceptors (Lipinski definition) is 4. The van der Waals surface area contributed by atoms with Gasteiger partial charge in [0.2, 0.25) is 5.91 Å². The van der Waals surface area contributed by atoms with E-state index >= 15 is 0 Å². The molecule has 1 atom stereocenters. The molecule has 0 unspecified atom stereocenters. The molecule has 1 fully saturated rings. The highest BCUT2D eigenvalue weighted by Crippen LogP contribution is 2.06. The monoisotopic (exact) mass is 245 g/mol.